The minimum atomic E-state index is -3.13. The predicted molar refractivity (Wildman–Crippen MR) is 67.0 cm³/mol. The summed E-state index contributed by atoms with van der Waals surface area (Å²) in [4.78, 5) is 0.356. The van der Waals surface area contributed by atoms with E-state index in [2.05, 4.69) is 5.32 Å². The van der Waals surface area contributed by atoms with Gasteiger partial charge in [-0.25, -0.2) is 8.42 Å². The topological polar surface area (TPSA) is 55.4 Å². The molecule has 0 aromatic heterocycles. The summed E-state index contributed by atoms with van der Waals surface area (Å²) in [6, 6.07) is 7.33. The number of nitrogens with one attached hydrogen (secondary N) is 1. The molecule has 0 unspecified atom stereocenters. The van der Waals surface area contributed by atoms with Crippen LogP contribution in [0.4, 0.5) is 5.69 Å². The molecule has 17 heavy (non-hydrogen) atoms. The Morgan fingerprint density at radius 1 is 1.29 bits per heavy atom. The van der Waals surface area contributed by atoms with Crippen LogP contribution in [0.1, 0.15) is 12.8 Å². The third-order valence-corrected chi connectivity index (χ3v) is 3.96. The maximum Gasteiger partial charge on any atom is 0.175 e. The molecule has 1 aliphatic heterocycles. The summed E-state index contributed by atoms with van der Waals surface area (Å²) in [6.07, 6.45) is 3.15. The molecule has 0 spiro atoms. The van der Waals surface area contributed by atoms with Crippen LogP contribution in [0.2, 0.25) is 0 Å². The molecule has 1 saturated heterocycles. The molecule has 0 bridgehead atoms. The minimum absolute atomic E-state index is 0.356. The van der Waals surface area contributed by atoms with Gasteiger partial charge in [-0.3, -0.25) is 0 Å². The molecular weight excluding hydrogens is 238 g/mol. The number of ether oxygens (including phenoxy) is 1. The second kappa shape index (κ2) is 5.06. The van der Waals surface area contributed by atoms with E-state index in [1.807, 2.05) is 6.07 Å². The van der Waals surface area contributed by atoms with Crippen LogP contribution in [0, 0.1) is 0 Å². The fourth-order valence-corrected chi connectivity index (χ4v) is 2.56. The zero-order valence-electron chi connectivity index (χ0n) is 9.85. The van der Waals surface area contributed by atoms with E-state index in [-0.39, 0.29) is 0 Å². The van der Waals surface area contributed by atoms with E-state index < -0.39 is 9.84 Å². The van der Waals surface area contributed by atoms with E-state index in [0.717, 1.165) is 31.7 Å². The summed E-state index contributed by atoms with van der Waals surface area (Å²) >= 11 is 0. The number of rotatable bonds is 3. The van der Waals surface area contributed by atoms with E-state index in [4.69, 9.17) is 4.74 Å². The number of anilines is 1. The highest BCUT2D eigenvalue weighted by Crippen LogP contribution is 2.18. The van der Waals surface area contributed by atoms with Gasteiger partial charge in [0.25, 0.3) is 0 Å². The van der Waals surface area contributed by atoms with E-state index in [1.54, 1.807) is 18.2 Å². The Morgan fingerprint density at radius 3 is 2.65 bits per heavy atom. The maximum atomic E-state index is 11.4. The largest absolute Gasteiger partial charge is 0.382 e. The fourth-order valence-electron chi connectivity index (χ4n) is 1.89. The lowest BCUT2D eigenvalue weighted by Gasteiger charge is -2.24. The summed E-state index contributed by atoms with van der Waals surface area (Å²) < 4.78 is 28.1. The Kier molecular flexibility index (Phi) is 3.69. The molecule has 0 atom stereocenters. The summed E-state index contributed by atoms with van der Waals surface area (Å²) in [6.45, 7) is 1.53. The van der Waals surface area contributed by atoms with Crippen LogP contribution >= 0.6 is 0 Å². The fraction of sp³-hybridized carbons (Fsp3) is 0.500. The average Bonchev–Trinajstić information content (AvgIpc) is 2.29. The van der Waals surface area contributed by atoms with Gasteiger partial charge < -0.3 is 10.1 Å². The van der Waals surface area contributed by atoms with Crippen molar-refractivity contribution in [1.82, 2.24) is 0 Å². The molecule has 0 amide bonds. The van der Waals surface area contributed by atoms with Gasteiger partial charge in [-0.05, 0) is 31.0 Å². The van der Waals surface area contributed by atoms with Crippen molar-refractivity contribution in [2.24, 2.45) is 0 Å². The molecule has 1 aromatic rings. The smallest absolute Gasteiger partial charge is 0.175 e. The van der Waals surface area contributed by atoms with Crippen LogP contribution in [0.3, 0.4) is 0 Å². The lowest BCUT2D eigenvalue weighted by atomic mass is 10.1. The van der Waals surface area contributed by atoms with Crippen molar-refractivity contribution in [2.75, 3.05) is 24.8 Å². The molecule has 0 saturated carbocycles. The Hall–Kier alpha value is -1.07. The molecule has 1 fully saturated rings. The molecule has 2 rings (SSSR count). The molecule has 1 aliphatic rings. The lowest BCUT2D eigenvalue weighted by molar-refractivity contribution is 0.0904. The van der Waals surface area contributed by atoms with Gasteiger partial charge in [-0.15, -0.1) is 0 Å². The quantitative estimate of drug-likeness (QED) is 0.893. The molecule has 0 aliphatic carbocycles. The third kappa shape index (κ3) is 3.44. The number of sulfone groups is 1. The van der Waals surface area contributed by atoms with E-state index in [1.165, 1.54) is 6.26 Å². The molecule has 5 heteroatoms. The molecule has 94 valence electrons. The van der Waals surface area contributed by atoms with Crippen molar-refractivity contribution in [3.8, 4) is 0 Å². The summed E-state index contributed by atoms with van der Waals surface area (Å²) in [7, 11) is -3.13. The first-order chi connectivity index (χ1) is 8.05. The van der Waals surface area contributed by atoms with Crippen molar-refractivity contribution in [3.63, 3.8) is 0 Å². The van der Waals surface area contributed by atoms with Gasteiger partial charge in [0.1, 0.15) is 0 Å². The lowest BCUT2D eigenvalue weighted by Crippen LogP contribution is -2.27. The number of hydrogen-bond donors (Lipinski definition) is 1. The minimum Gasteiger partial charge on any atom is -0.382 e. The van der Waals surface area contributed by atoms with Gasteiger partial charge >= 0.3 is 0 Å². The monoisotopic (exact) mass is 255 g/mol. The first-order valence-corrected chi connectivity index (χ1v) is 7.59. The van der Waals surface area contributed by atoms with Gasteiger partial charge in [0.05, 0.1) is 4.90 Å². The van der Waals surface area contributed by atoms with Crippen LogP contribution in [0.15, 0.2) is 29.2 Å². The predicted octanol–water partition coefficient (Wildman–Crippen LogP) is 1.68. The molecule has 1 aromatic carbocycles. The van der Waals surface area contributed by atoms with Crippen LogP contribution in [0.5, 0.6) is 0 Å². The zero-order valence-corrected chi connectivity index (χ0v) is 10.7. The first-order valence-electron chi connectivity index (χ1n) is 5.70. The SMILES string of the molecule is CS(=O)(=O)c1cccc(NC2CCOCC2)c1. The van der Waals surface area contributed by atoms with E-state index in [0.29, 0.717) is 10.9 Å². The van der Waals surface area contributed by atoms with Gasteiger partial charge in [-0.1, -0.05) is 6.07 Å². The molecule has 1 heterocycles. The van der Waals surface area contributed by atoms with E-state index >= 15 is 0 Å². The molecule has 1 N–H and O–H groups in total. The average molecular weight is 255 g/mol. The second-order valence-corrected chi connectivity index (χ2v) is 6.35. The molecular formula is C12H17NO3S. The van der Waals surface area contributed by atoms with Crippen LogP contribution in [-0.2, 0) is 14.6 Å². The van der Waals surface area contributed by atoms with Crippen molar-refractivity contribution in [2.45, 2.75) is 23.8 Å². The van der Waals surface area contributed by atoms with Crippen molar-refractivity contribution >= 4 is 15.5 Å². The molecule has 4 nitrogen and oxygen atoms in total. The standard InChI is InChI=1S/C12H17NO3S/c1-17(14,15)12-4-2-3-11(9-12)13-10-5-7-16-8-6-10/h2-4,9-10,13H,5-8H2,1H3. The van der Waals surface area contributed by atoms with Gasteiger partial charge in [0, 0.05) is 31.2 Å². The highest BCUT2D eigenvalue weighted by molar-refractivity contribution is 7.90. The normalized spacial score (nSPS) is 17.9. The summed E-state index contributed by atoms with van der Waals surface area (Å²) in [5, 5.41) is 3.35. The van der Waals surface area contributed by atoms with Crippen LogP contribution in [0.25, 0.3) is 0 Å². The maximum absolute atomic E-state index is 11.4. The first kappa shape index (κ1) is 12.4. The Bertz CT molecular complexity index is 478. The zero-order chi connectivity index (χ0) is 12.3. The van der Waals surface area contributed by atoms with Crippen LogP contribution < -0.4 is 5.32 Å². The Balaban J connectivity index is 2.11. The third-order valence-electron chi connectivity index (χ3n) is 2.85. The van der Waals surface area contributed by atoms with Crippen LogP contribution in [-0.4, -0.2) is 33.9 Å². The summed E-state index contributed by atoms with van der Waals surface area (Å²) in [5.41, 5.74) is 0.861. The number of benzene rings is 1. The van der Waals surface area contributed by atoms with Crippen molar-refractivity contribution < 1.29 is 13.2 Å². The Morgan fingerprint density at radius 2 is 2.00 bits per heavy atom. The molecule has 0 radical (unpaired) electrons. The second-order valence-electron chi connectivity index (χ2n) is 4.33. The van der Waals surface area contributed by atoms with Gasteiger partial charge in [0.2, 0.25) is 0 Å². The number of hydrogen-bond acceptors (Lipinski definition) is 4. The van der Waals surface area contributed by atoms with E-state index in [9.17, 15) is 8.42 Å². The van der Waals surface area contributed by atoms with Gasteiger partial charge in [-0.2, -0.15) is 0 Å². The summed E-state index contributed by atoms with van der Waals surface area (Å²) in [5.74, 6) is 0. The van der Waals surface area contributed by atoms with Crippen molar-refractivity contribution in [3.05, 3.63) is 24.3 Å². The van der Waals surface area contributed by atoms with Crippen molar-refractivity contribution in [1.29, 1.82) is 0 Å². The Labute approximate surface area is 102 Å². The highest BCUT2D eigenvalue weighted by Gasteiger charge is 2.14. The van der Waals surface area contributed by atoms with Gasteiger partial charge in [0.15, 0.2) is 9.84 Å². The highest BCUT2D eigenvalue weighted by atomic mass is 32.2.